The van der Waals surface area contributed by atoms with E-state index < -0.39 is 17.7 Å². The summed E-state index contributed by atoms with van der Waals surface area (Å²) < 4.78 is 32.6. The second kappa shape index (κ2) is 6.19. The number of nitrogens with one attached hydrogen (secondary N) is 1. The van der Waals surface area contributed by atoms with Gasteiger partial charge in [-0.1, -0.05) is 0 Å². The highest BCUT2D eigenvalue weighted by molar-refractivity contribution is 5.94. The van der Waals surface area contributed by atoms with Gasteiger partial charge in [0.2, 0.25) is 11.9 Å². The lowest BCUT2D eigenvalue weighted by atomic mass is 10.0. The Hall–Kier alpha value is -2.09. The van der Waals surface area contributed by atoms with Crippen LogP contribution in [0.15, 0.2) is 12.3 Å². The molecule has 8 heteroatoms. The predicted octanol–water partition coefficient (Wildman–Crippen LogP) is 0.725. The van der Waals surface area contributed by atoms with Gasteiger partial charge in [0.25, 0.3) is 5.91 Å². The Morgan fingerprint density at radius 2 is 2.22 bits per heavy atom. The molecule has 3 rings (SSSR count). The van der Waals surface area contributed by atoms with E-state index in [0.29, 0.717) is 32.1 Å². The molecule has 2 aliphatic heterocycles. The van der Waals surface area contributed by atoms with Crippen molar-refractivity contribution in [1.29, 1.82) is 0 Å². The van der Waals surface area contributed by atoms with Crippen LogP contribution in [0.1, 0.15) is 23.2 Å². The molecule has 124 valence electrons. The summed E-state index contributed by atoms with van der Waals surface area (Å²) in [4.78, 5) is 28.3. The lowest BCUT2D eigenvalue weighted by Crippen LogP contribution is -2.33. The van der Waals surface area contributed by atoms with Crippen molar-refractivity contribution in [3.8, 4) is 0 Å². The topological polar surface area (TPSA) is 71.5 Å². The van der Waals surface area contributed by atoms with E-state index in [0.717, 1.165) is 6.07 Å². The Kier molecular flexibility index (Phi) is 4.25. The van der Waals surface area contributed by atoms with Gasteiger partial charge in [-0.25, -0.2) is 9.37 Å². The quantitative estimate of drug-likeness (QED) is 0.832. The van der Waals surface area contributed by atoms with Gasteiger partial charge in [-0.2, -0.15) is 4.39 Å². The fraction of sp³-hybridized carbons (Fsp3) is 0.533. The molecule has 0 saturated carbocycles. The van der Waals surface area contributed by atoms with Crippen LogP contribution in [0.3, 0.4) is 0 Å². The van der Waals surface area contributed by atoms with Crippen LogP contribution < -0.4 is 5.32 Å². The zero-order chi connectivity index (χ0) is 16.6. The molecule has 3 heterocycles. The number of nitrogens with zero attached hydrogens (tertiary/aromatic N) is 2. The van der Waals surface area contributed by atoms with E-state index in [1.165, 1.54) is 4.90 Å². The SMILES string of the molecule is CNC(=O)C[C@H]1C[C@H]2CN(C(=O)c3cc(F)ncc3F)C[C@H]2O1. The van der Waals surface area contributed by atoms with E-state index in [1.54, 1.807) is 7.05 Å². The van der Waals surface area contributed by atoms with Gasteiger partial charge in [0, 0.05) is 32.1 Å². The van der Waals surface area contributed by atoms with Crippen LogP contribution in [0.25, 0.3) is 0 Å². The molecule has 1 N–H and O–H groups in total. The van der Waals surface area contributed by atoms with Crippen LogP contribution in [0.2, 0.25) is 0 Å². The van der Waals surface area contributed by atoms with Crippen LogP contribution in [-0.2, 0) is 9.53 Å². The highest BCUT2D eigenvalue weighted by atomic mass is 19.1. The van der Waals surface area contributed by atoms with Crippen molar-refractivity contribution in [1.82, 2.24) is 15.2 Å². The molecule has 6 nitrogen and oxygen atoms in total. The smallest absolute Gasteiger partial charge is 0.257 e. The van der Waals surface area contributed by atoms with Crippen molar-refractivity contribution in [3.05, 3.63) is 29.6 Å². The second-order valence-corrected chi connectivity index (χ2v) is 5.87. The number of rotatable bonds is 3. The first-order valence-electron chi connectivity index (χ1n) is 7.44. The number of carbonyl (C=O) groups excluding carboxylic acids is 2. The highest BCUT2D eigenvalue weighted by Gasteiger charge is 2.44. The average Bonchev–Trinajstić information content (AvgIpc) is 3.07. The number of pyridine rings is 1. The predicted molar refractivity (Wildman–Crippen MR) is 75.5 cm³/mol. The van der Waals surface area contributed by atoms with E-state index in [-0.39, 0.29) is 29.6 Å². The van der Waals surface area contributed by atoms with Crippen LogP contribution in [-0.4, -0.2) is 54.0 Å². The van der Waals surface area contributed by atoms with Gasteiger partial charge in [-0.15, -0.1) is 0 Å². The minimum Gasteiger partial charge on any atom is -0.372 e. The number of ether oxygens (including phenoxy) is 1. The minimum absolute atomic E-state index is 0.0859. The molecule has 2 fully saturated rings. The molecule has 0 aliphatic carbocycles. The number of hydrogen-bond acceptors (Lipinski definition) is 4. The Bertz CT molecular complexity index is 626. The van der Waals surface area contributed by atoms with Gasteiger partial charge in [0.1, 0.15) is 0 Å². The first-order chi connectivity index (χ1) is 11.0. The Labute approximate surface area is 131 Å². The van der Waals surface area contributed by atoms with Crippen molar-refractivity contribution in [2.24, 2.45) is 5.92 Å². The standard InChI is InChI=1S/C15H17F2N3O3/c1-18-14(21)3-9-2-8-6-20(7-12(8)23-9)15(22)10-4-13(17)19-5-11(10)16/h4-5,8-9,12H,2-3,6-7H2,1H3,(H,18,21)/t8-,9+,12+/m0/s1. The second-order valence-electron chi connectivity index (χ2n) is 5.87. The van der Waals surface area contributed by atoms with Crippen molar-refractivity contribution in [2.45, 2.75) is 25.0 Å². The largest absolute Gasteiger partial charge is 0.372 e. The molecular weight excluding hydrogens is 308 g/mol. The van der Waals surface area contributed by atoms with Gasteiger partial charge >= 0.3 is 0 Å². The van der Waals surface area contributed by atoms with E-state index >= 15 is 0 Å². The van der Waals surface area contributed by atoms with E-state index in [4.69, 9.17) is 4.74 Å². The lowest BCUT2D eigenvalue weighted by Gasteiger charge is -2.19. The fourth-order valence-corrected chi connectivity index (χ4v) is 3.22. The molecule has 23 heavy (non-hydrogen) atoms. The highest BCUT2D eigenvalue weighted by Crippen LogP contribution is 2.34. The monoisotopic (exact) mass is 325 g/mol. The van der Waals surface area contributed by atoms with Crippen molar-refractivity contribution >= 4 is 11.8 Å². The average molecular weight is 325 g/mol. The normalized spacial score (nSPS) is 26.2. The molecule has 2 aliphatic rings. The number of fused-ring (bicyclic) bond motifs is 1. The molecule has 0 radical (unpaired) electrons. The van der Waals surface area contributed by atoms with Crippen molar-refractivity contribution in [2.75, 3.05) is 20.1 Å². The summed E-state index contributed by atoms with van der Waals surface area (Å²) in [7, 11) is 1.57. The number of hydrogen-bond donors (Lipinski definition) is 1. The number of amides is 2. The first kappa shape index (κ1) is 15.8. The number of aromatic nitrogens is 1. The summed E-state index contributed by atoms with van der Waals surface area (Å²) in [5.41, 5.74) is -0.320. The van der Waals surface area contributed by atoms with Gasteiger partial charge in [-0.3, -0.25) is 9.59 Å². The molecule has 2 saturated heterocycles. The van der Waals surface area contributed by atoms with Gasteiger partial charge in [0.05, 0.1) is 30.4 Å². The summed E-state index contributed by atoms with van der Waals surface area (Å²) in [6.07, 6.45) is 1.35. The van der Waals surface area contributed by atoms with E-state index in [2.05, 4.69) is 10.3 Å². The summed E-state index contributed by atoms with van der Waals surface area (Å²) in [6, 6.07) is 0.807. The van der Waals surface area contributed by atoms with Gasteiger partial charge < -0.3 is 15.0 Å². The van der Waals surface area contributed by atoms with Crippen LogP contribution in [0.5, 0.6) is 0 Å². The number of carbonyl (C=O) groups is 2. The molecule has 1 aromatic heterocycles. The van der Waals surface area contributed by atoms with E-state index in [1.807, 2.05) is 0 Å². The lowest BCUT2D eigenvalue weighted by molar-refractivity contribution is -0.123. The molecule has 3 atom stereocenters. The molecule has 1 aromatic rings. The summed E-state index contributed by atoms with van der Waals surface area (Å²) in [5, 5.41) is 2.55. The third kappa shape index (κ3) is 3.17. The molecule has 0 aromatic carbocycles. The summed E-state index contributed by atoms with van der Waals surface area (Å²) in [6.45, 7) is 0.730. The third-order valence-corrected chi connectivity index (χ3v) is 4.35. The zero-order valence-electron chi connectivity index (χ0n) is 12.6. The number of likely N-dealkylation sites (tertiary alicyclic amines) is 1. The van der Waals surface area contributed by atoms with E-state index in [9.17, 15) is 18.4 Å². The Morgan fingerprint density at radius 3 is 2.91 bits per heavy atom. The molecule has 0 spiro atoms. The van der Waals surface area contributed by atoms with Crippen molar-refractivity contribution < 1.29 is 23.1 Å². The van der Waals surface area contributed by atoms with Crippen molar-refractivity contribution in [3.63, 3.8) is 0 Å². The van der Waals surface area contributed by atoms with Crippen LogP contribution in [0, 0.1) is 17.7 Å². The van der Waals surface area contributed by atoms with Gasteiger partial charge in [0.15, 0.2) is 5.82 Å². The van der Waals surface area contributed by atoms with Gasteiger partial charge in [-0.05, 0) is 6.42 Å². The molecule has 0 unspecified atom stereocenters. The molecule has 2 amide bonds. The Balaban J connectivity index is 1.63. The number of halogens is 2. The third-order valence-electron chi connectivity index (χ3n) is 4.35. The molecular formula is C15H17F2N3O3. The maximum atomic E-state index is 13.7. The Morgan fingerprint density at radius 1 is 1.43 bits per heavy atom. The fourth-order valence-electron chi connectivity index (χ4n) is 3.22. The summed E-state index contributed by atoms with van der Waals surface area (Å²) in [5.74, 6) is -2.27. The van der Waals surface area contributed by atoms with Crippen LogP contribution >= 0.6 is 0 Å². The zero-order valence-corrected chi connectivity index (χ0v) is 12.6. The summed E-state index contributed by atoms with van der Waals surface area (Å²) >= 11 is 0. The molecule has 0 bridgehead atoms. The maximum Gasteiger partial charge on any atom is 0.257 e. The van der Waals surface area contributed by atoms with Crippen LogP contribution in [0.4, 0.5) is 8.78 Å². The maximum absolute atomic E-state index is 13.7. The minimum atomic E-state index is -0.893. The first-order valence-corrected chi connectivity index (χ1v) is 7.44.